The van der Waals surface area contributed by atoms with Gasteiger partial charge in [-0.1, -0.05) is 60.7 Å². The second kappa shape index (κ2) is 7.26. The highest BCUT2D eigenvalue weighted by Gasteiger charge is 2.19. The maximum Gasteiger partial charge on any atom is 0.325 e. The molecule has 0 bridgehead atoms. The summed E-state index contributed by atoms with van der Waals surface area (Å²) in [5.74, 6) is -1.08. The fourth-order valence-electron chi connectivity index (χ4n) is 2.08. The molecule has 2 aromatic rings. The van der Waals surface area contributed by atoms with Gasteiger partial charge in [0.05, 0.1) is 6.04 Å². The molecule has 1 atom stereocenters. The van der Waals surface area contributed by atoms with Crippen molar-refractivity contribution in [2.45, 2.75) is 19.0 Å². The number of urea groups is 1. The Kier molecular flexibility index (Phi) is 5.14. The van der Waals surface area contributed by atoms with E-state index < -0.39 is 18.0 Å². The molecule has 5 heteroatoms. The molecule has 22 heavy (non-hydrogen) atoms. The summed E-state index contributed by atoms with van der Waals surface area (Å²) in [4.78, 5) is 22.8. The van der Waals surface area contributed by atoms with Crippen LogP contribution in [0, 0.1) is 0 Å². The van der Waals surface area contributed by atoms with Gasteiger partial charge in [-0.15, -0.1) is 0 Å². The Morgan fingerprint density at radius 2 is 1.32 bits per heavy atom. The lowest BCUT2D eigenvalue weighted by atomic mass is 9.99. The summed E-state index contributed by atoms with van der Waals surface area (Å²) >= 11 is 0. The molecule has 0 aromatic heterocycles. The number of aliphatic carboxylic acids is 1. The highest BCUT2D eigenvalue weighted by atomic mass is 16.4. The summed E-state index contributed by atoms with van der Waals surface area (Å²) in [5.41, 5.74) is 1.85. The molecule has 3 N–H and O–H groups in total. The van der Waals surface area contributed by atoms with Crippen LogP contribution >= 0.6 is 0 Å². The largest absolute Gasteiger partial charge is 0.480 e. The molecule has 1 unspecified atom stereocenters. The van der Waals surface area contributed by atoms with Gasteiger partial charge in [0.1, 0.15) is 6.04 Å². The van der Waals surface area contributed by atoms with Crippen molar-refractivity contribution >= 4 is 12.0 Å². The van der Waals surface area contributed by atoms with Crippen LogP contribution in [-0.4, -0.2) is 23.1 Å². The van der Waals surface area contributed by atoms with E-state index in [1.165, 1.54) is 6.92 Å². The SMILES string of the molecule is CC(NC(=O)NC(c1ccccc1)c1ccccc1)C(=O)O. The van der Waals surface area contributed by atoms with E-state index in [-0.39, 0.29) is 6.04 Å². The van der Waals surface area contributed by atoms with Crippen LogP contribution in [0.25, 0.3) is 0 Å². The summed E-state index contributed by atoms with van der Waals surface area (Å²) in [6, 6.07) is 17.2. The van der Waals surface area contributed by atoms with Crippen LogP contribution in [0.3, 0.4) is 0 Å². The first-order valence-electron chi connectivity index (χ1n) is 6.97. The minimum atomic E-state index is -1.08. The Morgan fingerprint density at radius 1 is 0.864 bits per heavy atom. The number of amides is 2. The molecule has 0 fully saturated rings. The first-order valence-corrected chi connectivity index (χ1v) is 6.97. The van der Waals surface area contributed by atoms with Crippen LogP contribution in [0.15, 0.2) is 60.7 Å². The maximum atomic E-state index is 12.0. The van der Waals surface area contributed by atoms with Gasteiger partial charge in [-0.05, 0) is 18.1 Å². The second-order valence-electron chi connectivity index (χ2n) is 4.93. The predicted octanol–water partition coefficient (Wildman–Crippen LogP) is 2.55. The molecule has 0 aliphatic rings. The predicted molar refractivity (Wildman–Crippen MR) is 83.5 cm³/mol. The minimum Gasteiger partial charge on any atom is -0.480 e. The zero-order valence-electron chi connectivity index (χ0n) is 12.2. The van der Waals surface area contributed by atoms with Crippen molar-refractivity contribution in [2.75, 3.05) is 0 Å². The number of hydrogen-bond donors (Lipinski definition) is 3. The molecule has 114 valence electrons. The van der Waals surface area contributed by atoms with E-state index >= 15 is 0 Å². The van der Waals surface area contributed by atoms with Crippen molar-refractivity contribution in [1.82, 2.24) is 10.6 Å². The number of rotatable bonds is 5. The van der Waals surface area contributed by atoms with Gasteiger partial charge >= 0.3 is 12.0 Å². The van der Waals surface area contributed by atoms with Crippen molar-refractivity contribution in [2.24, 2.45) is 0 Å². The lowest BCUT2D eigenvalue weighted by molar-refractivity contribution is -0.138. The molecule has 0 radical (unpaired) electrons. The first kappa shape index (κ1) is 15.6. The monoisotopic (exact) mass is 298 g/mol. The van der Waals surface area contributed by atoms with E-state index in [1.54, 1.807) is 0 Å². The average molecular weight is 298 g/mol. The molecule has 0 spiro atoms. The van der Waals surface area contributed by atoms with Gasteiger partial charge in [-0.2, -0.15) is 0 Å². The number of carbonyl (C=O) groups excluding carboxylic acids is 1. The number of carboxylic acid groups (broad SMARTS) is 1. The van der Waals surface area contributed by atoms with E-state index in [0.29, 0.717) is 0 Å². The van der Waals surface area contributed by atoms with Crippen LogP contribution in [0.5, 0.6) is 0 Å². The molecule has 0 aliphatic heterocycles. The third-order valence-electron chi connectivity index (χ3n) is 3.26. The van der Waals surface area contributed by atoms with Crippen LogP contribution in [-0.2, 0) is 4.79 Å². The fraction of sp³-hybridized carbons (Fsp3) is 0.176. The van der Waals surface area contributed by atoms with E-state index in [9.17, 15) is 9.59 Å². The molecule has 0 saturated heterocycles. The molecular weight excluding hydrogens is 280 g/mol. The van der Waals surface area contributed by atoms with Crippen molar-refractivity contribution in [3.8, 4) is 0 Å². The average Bonchev–Trinajstić information content (AvgIpc) is 2.54. The number of hydrogen-bond acceptors (Lipinski definition) is 2. The first-order chi connectivity index (χ1) is 10.6. The summed E-state index contributed by atoms with van der Waals surface area (Å²) in [6.45, 7) is 1.42. The smallest absolute Gasteiger partial charge is 0.325 e. The fourth-order valence-corrected chi connectivity index (χ4v) is 2.08. The molecule has 2 aromatic carbocycles. The highest BCUT2D eigenvalue weighted by Crippen LogP contribution is 2.21. The van der Waals surface area contributed by atoms with Gasteiger partial charge in [0.25, 0.3) is 0 Å². The van der Waals surface area contributed by atoms with Gasteiger partial charge in [-0.25, -0.2) is 4.79 Å². The third-order valence-corrected chi connectivity index (χ3v) is 3.26. The molecule has 5 nitrogen and oxygen atoms in total. The lowest BCUT2D eigenvalue weighted by Crippen LogP contribution is -2.45. The molecule has 0 saturated carbocycles. The van der Waals surface area contributed by atoms with E-state index in [0.717, 1.165) is 11.1 Å². The molecular formula is C17H18N2O3. The van der Waals surface area contributed by atoms with Crippen LogP contribution in [0.2, 0.25) is 0 Å². The van der Waals surface area contributed by atoms with Crippen molar-refractivity contribution < 1.29 is 14.7 Å². The summed E-state index contributed by atoms with van der Waals surface area (Å²) in [6.07, 6.45) is 0. The van der Waals surface area contributed by atoms with Gasteiger partial charge in [0.15, 0.2) is 0 Å². The highest BCUT2D eigenvalue weighted by molar-refractivity contribution is 5.82. The number of benzene rings is 2. The minimum absolute atomic E-state index is 0.344. The molecule has 0 aliphatic carbocycles. The summed E-state index contributed by atoms with van der Waals surface area (Å²) < 4.78 is 0. The Hall–Kier alpha value is -2.82. The molecule has 0 heterocycles. The number of carbonyl (C=O) groups is 2. The normalized spacial score (nSPS) is 11.7. The zero-order valence-corrected chi connectivity index (χ0v) is 12.2. The van der Waals surface area contributed by atoms with E-state index in [4.69, 9.17) is 5.11 Å². The number of carboxylic acids is 1. The van der Waals surface area contributed by atoms with Crippen molar-refractivity contribution in [3.05, 3.63) is 71.8 Å². The molecule has 2 rings (SSSR count). The Morgan fingerprint density at radius 3 is 1.73 bits per heavy atom. The summed E-state index contributed by atoms with van der Waals surface area (Å²) in [5, 5.41) is 14.1. The number of nitrogens with one attached hydrogen (secondary N) is 2. The lowest BCUT2D eigenvalue weighted by Gasteiger charge is -2.21. The van der Waals surface area contributed by atoms with Crippen LogP contribution < -0.4 is 10.6 Å². The van der Waals surface area contributed by atoms with Crippen LogP contribution in [0.4, 0.5) is 4.79 Å². The Balaban J connectivity index is 2.19. The van der Waals surface area contributed by atoms with E-state index in [2.05, 4.69) is 10.6 Å². The second-order valence-corrected chi connectivity index (χ2v) is 4.93. The van der Waals surface area contributed by atoms with Gasteiger partial charge in [0.2, 0.25) is 0 Å². The quantitative estimate of drug-likeness (QED) is 0.793. The van der Waals surface area contributed by atoms with Crippen molar-refractivity contribution in [1.29, 1.82) is 0 Å². The topological polar surface area (TPSA) is 78.4 Å². The van der Waals surface area contributed by atoms with Gasteiger partial charge < -0.3 is 15.7 Å². The maximum absolute atomic E-state index is 12.0. The van der Waals surface area contributed by atoms with Crippen LogP contribution in [0.1, 0.15) is 24.1 Å². The Labute approximate surface area is 129 Å². The Bertz CT molecular complexity index is 589. The zero-order chi connectivity index (χ0) is 15.9. The van der Waals surface area contributed by atoms with E-state index in [1.807, 2.05) is 60.7 Å². The third kappa shape index (κ3) is 4.09. The molecule has 2 amide bonds. The van der Waals surface area contributed by atoms with Crippen molar-refractivity contribution in [3.63, 3.8) is 0 Å². The summed E-state index contributed by atoms with van der Waals surface area (Å²) in [7, 11) is 0. The van der Waals surface area contributed by atoms with Gasteiger partial charge in [-0.3, -0.25) is 4.79 Å². The van der Waals surface area contributed by atoms with Gasteiger partial charge in [0, 0.05) is 0 Å². The standard InChI is InChI=1S/C17H18N2O3/c1-12(16(20)21)18-17(22)19-15(13-8-4-2-5-9-13)14-10-6-3-7-11-14/h2-12,15H,1H3,(H,20,21)(H2,18,19,22).